The van der Waals surface area contributed by atoms with E-state index in [4.69, 9.17) is 9.47 Å². The molecule has 0 amide bonds. The third-order valence-electron chi connectivity index (χ3n) is 3.87. The highest BCUT2D eigenvalue weighted by Gasteiger charge is 2.15. The van der Waals surface area contributed by atoms with E-state index in [1.54, 1.807) is 7.05 Å². The van der Waals surface area contributed by atoms with Gasteiger partial charge < -0.3 is 20.1 Å². The van der Waals surface area contributed by atoms with E-state index in [1.165, 1.54) is 0 Å². The van der Waals surface area contributed by atoms with Crippen molar-refractivity contribution in [3.8, 4) is 0 Å². The summed E-state index contributed by atoms with van der Waals surface area (Å²) in [5, 5.41) is 6.45. The zero-order valence-electron chi connectivity index (χ0n) is 15.3. The van der Waals surface area contributed by atoms with E-state index in [0.717, 1.165) is 50.7 Å². The maximum Gasteiger partial charge on any atom is 0.191 e. The standard InChI is InChI=1S/C18H29N3O3S.HI/c1-19-18(20-9-5-11-24-17-8-12-23-14-17)21-10-13-25(22)15-16-6-3-2-4-7-16;/h2-4,6-7,17H,5,8-15H2,1H3,(H2,19,20,21);1H. The van der Waals surface area contributed by atoms with Crippen LogP contribution in [0.15, 0.2) is 35.3 Å². The molecule has 0 aromatic heterocycles. The van der Waals surface area contributed by atoms with E-state index >= 15 is 0 Å². The topological polar surface area (TPSA) is 72.0 Å². The van der Waals surface area contributed by atoms with Gasteiger partial charge in [0.2, 0.25) is 0 Å². The Morgan fingerprint density at radius 2 is 2.08 bits per heavy atom. The number of nitrogens with one attached hydrogen (secondary N) is 2. The molecule has 2 atom stereocenters. The maximum absolute atomic E-state index is 12.1. The van der Waals surface area contributed by atoms with E-state index < -0.39 is 10.8 Å². The fourth-order valence-electron chi connectivity index (χ4n) is 2.51. The van der Waals surface area contributed by atoms with Gasteiger partial charge in [-0.3, -0.25) is 9.20 Å². The van der Waals surface area contributed by atoms with Crippen molar-refractivity contribution in [3.63, 3.8) is 0 Å². The first kappa shape index (κ1) is 23.3. The normalized spacial score (nSPS) is 18.2. The Morgan fingerprint density at radius 1 is 1.31 bits per heavy atom. The molecule has 2 unspecified atom stereocenters. The summed E-state index contributed by atoms with van der Waals surface area (Å²) in [5.74, 6) is 1.93. The highest BCUT2D eigenvalue weighted by Crippen LogP contribution is 2.07. The molecule has 2 rings (SSSR count). The van der Waals surface area contributed by atoms with Crippen molar-refractivity contribution in [1.29, 1.82) is 0 Å². The molecule has 26 heavy (non-hydrogen) atoms. The van der Waals surface area contributed by atoms with Gasteiger partial charge in [-0.05, 0) is 18.4 Å². The van der Waals surface area contributed by atoms with Gasteiger partial charge in [-0.15, -0.1) is 24.0 Å². The summed E-state index contributed by atoms with van der Waals surface area (Å²) in [5.41, 5.74) is 1.11. The average Bonchev–Trinajstić information content (AvgIpc) is 3.14. The molecule has 1 fully saturated rings. The number of hydrogen-bond donors (Lipinski definition) is 2. The molecule has 148 valence electrons. The third-order valence-corrected chi connectivity index (χ3v) is 5.19. The predicted octanol–water partition coefficient (Wildman–Crippen LogP) is 1.91. The summed E-state index contributed by atoms with van der Waals surface area (Å²) in [6.07, 6.45) is 2.17. The van der Waals surface area contributed by atoms with Gasteiger partial charge in [-0.25, -0.2) is 0 Å². The van der Waals surface area contributed by atoms with Gasteiger partial charge in [0.1, 0.15) is 0 Å². The maximum atomic E-state index is 12.1. The molecule has 0 saturated carbocycles. The molecule has 1 aromatic carbocycles. The number of hydrogen-bond acceptors (Lipinski definition) is 4. The van der Waals surface area contributed by atoms with Crippen molar-refractivity contribution in [2.45, 2.75) is 24.7 Å². The van der Waals surface area contributed by atoms with Gasteiger partial charge in [-0.2, -0.15) is 0 Å². The summed E-state index contributed by atoms with van der Waals surface area (Å²) in [7, 11) is 0.862. The number of halogens is 1. The second-order valence-electron chi connectivity index (χ2n) is 5.91. The van der Waals surface area contributed by atoms with Crippen LogP contribution in [0.5, 0.6) is 0 Å². The van der Waals surface area contributed by atoms with Gasteiger partial charge in [0.05, 0.1) is 12.7 Å². The molecule has 2 N–H and O–H groups in total. The molecule has 1 aliphatic heterocycles. The first-order valence-electron chi connectivity index (χ1n) is 8.80. The number of aliphatic imine (C=N–C) groups is 1. The molecule has 1 heterocycles. The molecule has 1 aliphatic rings. The van der Waals surface area contributed by atoms with Gasteiger partial charge in [0.15, 0.2) is 5.96 Å². The smallest absolute Gasteiger partial charge is 0.191 e. The largest absolute Gasteiger partial charge is 0.379 e. The summed E-state index contributed by atoms with van der Waals surface area (Å²) in [4.78, 5) is 4.18. The van der Waals surface area contributed by atoms with Gasteiger partial charge >= 0.3 is 0 Å². The highest BCUT2D eigenvalue weighted by molar-refractivity contribution is 14.0. The van der Waals surface area contributed by atoms with Crippen molar-refractivity contribution in [2.75, 3.05) is 45.7 Å². The van der Waals surface area contributed by atoms with E-state index in [0.29, 0.717) is 18.1 Å². The second kappa shape index (κ2) is 14.4. The molecular weight excluding hydrogens is 465 g/mol. The van der Waals surface area contributed by atoms with Crippen LogP contribution in [0.4, 0.5) is 0 Å². The van der Waals surface area contributed by atoms with Crippen LogP contribution in [0.25, 0.3) is 0 Å². The first-order valence-corrected chi connectivity index (χ1v) is 10.3. The van der Waals surface area contributed by atoms with Crippen LogP contribution in [0.2, 0.25) is 0 Å². The van der Waals surface area contributed by atoms with Crippen molar-refractivity contribution in [1.82, 2.24) is 10.6 Å². The summed E-state index contributed by atoms with van der Waals surface area (Å²) in [6.45, 7) is 3.68. The minimum Gasteiger partial charge on any atom is -0.379 e. The van der Waals surface area contributed by atoms with E-state index in [-0.39, 0.29) is 30.1 Å². The van der Waals surface area contributed by atoms with E-state index in [1.807, 2.05) is 30.3 Å². The predicted molar refractivity (Wildman–Crippen MR) is 118 cm³/mol. The first-order chi connectivity index (χ1) is 12.3. The van der Waals surface area contributed by atoms with Crippen LogP contribution in [-0.4, -0.2) is 62.0 Å². The summed E-state index contributed by atoms with van der Waals surface area (Å²) >= 11 is 0. The molecule has 0 radical (unpaired) electrons. The Bertz CT molecular complexity index is 540. The van der Waals surface area contributed by atoms with Crippen LogP contribution in [0.3, 0.4) is 0 Å². The average molecular weight is 495 g/mol. The van der Waals surface area contributed by atoms with Gasteiger partial charge in [0.25, 0.3) is 0 Å². The lowest BCUT2D eigenvalue weighted by Crippen LogP contribution is -2.39. The third kappa shape index (κ3) is 9.84. The lowest BCUT2D eigenvalue weighted by molar-refractivity contribution is 0.0420. The Morgan fingerprint density at radius 3 is 2.77 bits per heavy atom. The molecule has 0 spiro atoms. The zero-order chi connectivity index (χ0) is 17.7. The number of ether oxygens (including phenoxy) is 2. The van der Waals surface area contributed by atoms with Crippen LogP contribution in [0.1, 0.15) is 18.4 Å². The van der Waals surface area contributed by atoms with E-state index in [9.17, 15) is 4.21 Å². The van der Waals surface area contributed by atoms with Crippen LogP contribution >= 0.6 is 24.0 Å². The van der Waals surface area contributed by atoms with Crippen molar-refractivity contribution < 1.29 is 13.7 Å². The van der Waals surface area contributed by atoms with Gasteiger partial charge in [0, 0.05) is 55.7 Å². The lowest BCUT2D eigenvalue weighted by atomic mass is 10.2. The second-order valence-corrected chi connectivity index (χ2v) is 7.49. The van der Waals surface area contributed by atoms with Crippen molar-refractivity contribution >= 4 is 40.7 Å². The number of nitrogens with zero attached hydrogens (tertiary/aromatic N) is 1. The Hall–Kier alpha value is -0.710. The monoisotopic (exact) mass is 495 g/mol. The zero-order valence-corrected chi connectivity index (χ0v) is 18.5. The molecule has 8 heteroatoms. The Kier molecular flexibility index (Phi) is 12.9. The minimum absolute atomic E-state index is 0. The minimum atomic E-state index is -0.877. The van der Waals surface area contributed by atoms with Crippen molar-refractivity contribution in [3.05, 3.63) is 35.9 Å². The van der Waals surface area contributed by atoms with Crippen LogP contribution in [0, 0.1) is 0 Å². The number of guanidine groups is 1. The quantitative estimate of drug-likeness (QED) is 0.225. The Balaban J connectivity index is 0.00000338. The van der Waals surface area contributed by atoms with E-state index in [2.05, 4.69) is 15.6 Å². The fraction of sp³-hybridized carbons (Fsp3) is 0.611. The van der Waals surface area contributed by atoms with Crippen LogP contribution in [-0.2, 0) is 26.0 Å². The van der Waals surface area contributed by atoms with Crippen LogP contribution < -0.4 is 10.6 Å². The van der Waals surface area contributed by atoms with Gasteiger partial charge in [-0.1, -0.05) is 30.3 Å². The molecule has 0 bridgehead atoms. The molecule has 6 nitrogen and oxygen atoms in total. The van der Waals surface area contributed by atoms with Crippen molar-refractivity contribution in [2.24, 2.45) is 4.99 Å². The lowest BCUT2D eigenvalue weighted by Gasteiger charge is -2.13. The molecule has 0 aliphatic carbocycles. The number of rotatable bonds is 10. The molecule has 1 aromatic rings. The Labute approximate surface area is 176 Å². The molecule has 1 saturated heterocycles. The number of benzene rings is 1. The summed E-state index contributed by atoms with van der Waals surface area (Å²) < 4.78 is 23.1. The highest BCUT2D eigenvalue weighted by atomic mass is 127. The fourth-order valence-corrected chi connectivity index (χ4v) is 3.55. The molecular formula is C18H30IN3O3S. The summed E-state index contributed by atoms with van der Waals surface area (Å²) in [6, 6.07) is 9.92. The SMILES string of the molecule is CN=C(NCCCOC1CCOC1)NCCS(=O)Cc1ccccc1.I.